The summed E-state index contributed by atoms with van der Waals surface area (Å²) in [6.45, 7) is 4.04. The van der Waals surface area contributed by atoms with E-state index in [0.717, 1.165) is 57.1 Å². The van der Waals surface area contributed by atoms with E-state index in [2.05, 4.69) is 46.4 Å². The largest absolute Gasteiger partial charge is 0.251 e. The molecule has 0 aliphatic rings. The Morgan fingerprint density at radius 3 is 1.21 bits per heavy atom. The molecule has 0 atom stereocenters. The van der Waals surface area contributed by atoms with Crippen molar-refractivity contribution in [2.45, 2.75) is 70.3 Å². The molecule has 0 saturated heterocycles. The van der Waals surface area contributed by atoms with E-state index in [9.17, 15) is 0 Å². The van der Waals surface area contributed by atoms with Gasteiger partial charge >= 0.3 is 0 Å². The number of hydrogen-bond donors (Lipinski definition) is 0. The first-order valence-corrected chi connectivity index (χ1v) is 16.4. The number of thioether (sulfide) groups is 2. The van der Waals surface area contributed by atoms with Crippen LogP contribution in [0.25, 0.3) is 22.8 Å². The van der Waals surface area contributed by atoms with Crippen molar-refractivity contribution in [1.82, 2.24) is 19.9 Å². The molecule has 0 radical (unpaired) electrons. The molecule has 4 aromatic heterocycles. The predicted octanol–water partition coefficient (Wildman–Crippen LogP) is 9.11. The van der Waals surface area contributed by atoms with Gasteiger partial charge < -0.3 is 0 Å². The van der Waals surface area contributed by atoms with Crippen LogP contribution in [0.2, 0.25) is 0 Å². The molecule has 204 valence electrons. The third-order valence-corrected chi connectivity index (χ3v) is 8.65. The molecule has 4 rings (SSSR count). The van der Waals surface area contributed by atoms with Crippen LogP contribution in [0, 0.1) is 13.8 Å². The van der Waals surface area contributed by atoms with E-state index in [1.165, 1.54) is 56.5 Å². The van der Waals surface area contributed by atoms with Crippen LogP contribution in [-0.4, -0.2) is 31.4 Å². The van der Waals surface area contributed by atoms with E-state index in [1.54, 1.807) is 0 Å². The van der Waals surface area contributed by atoms with Gasteiger partial charge in [0.15, 0.2) is 0 Å². The van der Waals surface area contributed by atoms with E-state index >= 15 is 0 Å². The highest BCUT2D eigenvalue weighted by molar-refractivity contribution is 7.98. The number of aromatic nitrogens is 4. The summed E-state index contributed by atoms with van der Waals surface area (Å²) in [5.41, 5.74) is 8.20. The summed E-state index contributed by atoms with van der Waals surface area (Å²) in [5, 5.41) is 0. The zero-order chi connectivity index (χ0) is 27.1. The van der Waals surface area contributed by atoms with Crippen molar-refractivity contribution in [3.05, 3.63) is 95.6 Å². The molecule has 4 aromatic rings. The minimum absolute atomic E-state index is 0.957. The number of hydrogen-bond acceptors (Lipinski definition) is 6. The molecule has 0 aromatic carbocycles. The number of nitrogens with zero attached hydrogens (tertiary/aromatic N) is 4. The number of unbranched alkanes of at least 4 members (excludes halogenated alkanes) is 6. The second kappa shape index (κ2) is 16.4. The zero-order valence-electron chi connectivity index (χ0n) is 23.3. The standard InChI is InChI=1S/C33H40N4S2/c1-26-14-10-18-30(34-26)32-20-12-16-28(36-32)24-38-22-8-6-4-3-5-7-9-23-39-25-29-17-13-21-33(37-29)31-19-11-15-27(2)35-31/h10-21H,3-9,22-25H2,1-2H3. The van der Waals surface area contributed by atoms with Crippen LogP contribution in [-0.2, 0) is 11.5 Å². The SMILES string of the molecule is Cc1cccc(-c2cccc(CSCCCCCCCCCSCc3cccc(-c4cccc(C)n4)n3)n2)n1. The Kier molecular flexibility index (Phi) is 12.3. The smallest absolute Gasteiger partial charge is 0.0889 e. The Hall–Kier alpha value is -2.70. The molecule has 0 spiro atoms. The molecular formula is C33H40N4S2. The molecule has 6 heteroatoms. The first kappa shape index (κ1) is 29.3. The minimum Gasteiger partial charge on any atom is -0.251 e. The van der Waals surface area contributed by atoms with Crippen molar-refractivity contribution in [3.63, 3.8) is 0 Å². The van der Waals surface area contributed by atoms with Gasteiger partial charge in [0.05, 0.1) is 34.2 Å². The Morgan fingerprint density at radius 1 is 0.436 bits per heavy atom. The van der Waals surface area contributed by atoms with E-state index in [1.807, 2.05) is 73.8 Å². The van der Waals surface area contributed by atoms with Crippen molar-refractivity contribution in [2.75, 3.05) is 11.5 Å². The third kappa shape index (κ3) is 10.4. The van der Waals surface area contributed by atoms with Crippen molar-refractivity contribution < 1.29 is 0 Å². The Balaban J connectivity index is 0.998. The Bertz CT molecular complexity index is 1190. The maximum Gasteiger partial charge on any atom is 0.0889 e. The molecule has 0 aliphatic carbocycles. The van der Waals surface area contributed by atoms with Crippen molar-refractivity contribution in [2.24, 2.45) is 0 Å². The molecule has 0 unspecified atom stereocenters. The van der Waals surface area contributed by atoms with Crippen molar-refractivity contribution >= 4 is 23.5 Å². The number of pyridine rings is 4. The van der Waals surface area contributed by atoms with Gasteiger partial charge in [0, 0.05) is 22.9 Å². The summed E-state index contributed by atoms with van der Waals surface area (Å²) in [4.78, 5) is 18.8. The van der Waals surface area contributed by atoms with Crippen molar-refractivity contribution in [1.29, 1.82) is 0 Å². The van der Waals surface area contributed by atoms with Crippen LogP contribution in [0.5, 0.6) is 0 Å². The predicted molar refractivity (Wildman–Crippen MR) is 169 cm³/mol. The summed E-state index contributed by atoms with van der Waals surface area (Å²) in [6, 6.07) is 24.8. The lowest BCUT2D eigenvalue weighted by atomic mass is 10.1. The summed E-state index contributed by atoms with van der Waals surface area (Å²) < 4.78 is 0. The van der Waals surface area contributed by atoms with Gasteiger partial charge in [-0.2, -0.15) is 23.5 Å². The average Bonchev–Trinajstić information content (AvgIpc) is 2.96. The molecule has 4 heterocycles. The Morgan fingerprint density at radius 2 is 0.795 bits per heavy atom. The lowest BCUT2D eigenvalue weighted by molar-refractivity contribution is 0.605. The van der Waals surface area contributed by atoms with Crippen LogP contribution >= 0.6 is 23.5 Å². The van der Waals surface area contributed by atoms with E-state index in [4.69, 9.17) is 9.97 Å². The monoisotopic (exact) mass is 556 g/mol. The van der Waals surface area contributed by atoms with Gasteiger partial charge in [-0.25, -0.2) is 0 Å². The van der Waals surface area contributed by atoms with Gasteiger partial charge in [-0.3, -0.25) is 19.9 Å². The average molecular weight is 557 g/mol. The van der Waals surface area contributed by atoms with Gasteiger partial charge in [0.1, 0.15) is 0 Å². The van der Waals surface area contributed by atoms with Crippen molar-refractivity contribution in [3.8, 4) is 22.8 Å². The number of aryl methyl sites for hydroxylation is 2. The highest BCUT2D eigenvalue weighted by Gasteiger charge is 2.05. The summed E-state index contributed by atoms with van der Waals surface area (Å²) >= 11 is 3.99. The highest BCUT2D eigenvalue weighted by atomic mass is 32.2. The summed E-state index contributed by atoms with van der Waals surface area (Å²) in [5.74, 6) is 4.36. The van der Waals surface area contributed by atoms with Crippen LogP contribution in [0.1, 0.15) is 67.7 Å². The third-order valence-electron chi connectivity index (χ3n) is 6.49. The van der Waals surface area contributed by atoms with Crippen LogP contribution in [0.15, 0.2) is 72.8 Å². The lowest BCUT2D eigenvalue weighted by Gasteiger charge is -2.06. The second-order valence-electron chi connectivity index (χ2n) is 9.94. The van der Waals surface area contributed by atoms with Gasteiger partial charge in [-0.1, -0.05) is 56.4 Å². The molecular weight excluding hydrogens is 517 g/mol. The van der Waals surface area contributed by atoms with E-state index in [-0.39, 0.29) is 0 Å². The fraction of sp³-hybridized carbons (Fsp3) is 0.394. The normalized spacial score (nSPS) is 11.1. The second-order valence-corrected chi connectivity index (χ2v) is 12.1. The van der Waals surface area contributed by atoms with Gasteiger partial charge in [-0.15, -0.1) is 0 Å². The van der Waals surface area contributed by atoms with Gasteiger partial charge in [0.25, 0.3) is 0 Å². The van der Waals surface area contributed by atoms with Crippen LogP contribution in [0.3, 0.4) is 0 Å². The van der Waals surface area contributed by atoms with E-state index < -0.39 is 0 Å². The van der Waals surface area contributed by atoms with Gasteiger partial charge in [-0.05, 0) is 86.7 Å². The number of rotatable bonds is 16. The molecule has 0 saturated carbocycles. The molecule has 0 bridgehead atoms. The molecule has 0 fully saturated rings. The first-order chi connectivity index (χ1) is 19.2. The molecule has 0 aliphatic heterocycles. The quantitative estimate of drug-likeness (QED) is 0.128. The summed E-state index contributed by atoms with van der Waals surface area (Å²) in [6.07, 6.45) is 9.32. The zero-order valence-corrected chi connectivity index (χ0v) is 24.9. The molecule has 4 nitrogen and oxygen atoms in total. The maximum atomic E-state index is 4.82. The molecule has 39 heavy (non-hydrogen) atoms. The fourth-order valence-corrected chi connectivity index (χ4v) is 6.27. The first-order valence-electron chi connectivity index (χ1n) is 14.1. The lowest BCUT2D eigenvalue weighted by Crippen LogP contribution is -1.94. The van der Waals surface area contributed by atoms with E-state index in [0.29, 0.717) is 0 Å². The maximum absolute atomic E-state index is 4.82. The highest BCUT2D eigenvalue weighted by Crippen LogP contribution is 2.20. The molecule has 0 N–H and O–H groups in total. The van der Waals surface area contributed by atoms with Crippen LogP contribution in [0.4, 0.5) is 0 Å². The fourth-order valence-electron chi connectivity index (χ4n) is 4.42. The topological polar surface area (TPSA) is 51.6 Å². The molecule has 0 amide bonds. The summed E-state index contributed by atoms with van der Waals surface area (Å²) in [7, 11) is 0. The Labute approximate surface area is 242 Å². The van der Waals surface area contributed by atoms with Crippen LogP contribution < -0.4 is 0 Å². The minimum atomic E-state index is 0.957. The van der Waals surface area contributed by atoms with Gasteiger partial charge in [0.2, 0.25) is 0 Å².